The number of carboxylic acids is 1. The highest BCUT2D eigenvalue weighted by Crippen LogP contribution is 2.30. The van der Waals surface area contributed by atoms with Gasteiger partial charge in [-0.3, -0.25) is 0 Å². The molecule has 0 amide bonds. The Morgan fingerprint density at radius 1 is 1.29 bits per heavy atom. The zero-order valence-corrected chi connectivity index (χ0v) is 11.2. The minimum absolute atomic E-state index is 0.253. The van der Waals surface area contributed by atoms with Gasteiger partial charge in [-0.2, -0.15) is 5.26 Å². The van der Waals surface area contributed by atoms with Crippen molar-refractivity contribution in [2.45, 2.75) is 19.0 Å². The second-order valence-corrected chi connectivity index (χ2v) is 4.94. The van der Waals surface area contributed by atoms with Gasteiger partial charge >= 0.3 is 5.97 Å². The Bertz CT molecular complexity index is 736. The third kappa shape index (κ3) is 2.32. The zero-order chi connectivity index (χ0) is 14.8. The van der Waals surface area contributed by atoms with E-state index in [-0.39, 0.29) is 5.69 Å². The molecule has 2 aromatic rings. The number of pyridine rings is 1. The van der Waals surface area contributed by atoms with Crippen LogP contribution in [0.4, 0.5) is 5.69 Å². The lowest BCUT2D eigenvalue weighted by Gasteiger charge is -2.36. The monoisotopic (exact) mass is 279 g/mol. The van der Waals surface area contributed by atoms with Crippen LogP contribution in [0.15, 0.2) is 42.6 Å². The van der Waals surface area contributed by atoms with Gasteiger partial charge in [-0.05, 0) is 23.3 Å². The number of benzene rings is 1. The van der Waals surface area contributed by atoms with Gasteiger partial charge in [-0.15, -0.1) is 0 Å². The molecule has 1 aromatic heterocycles. The van der Waals surface area contributed by atoms with E-state index in [4.69, 9.17) is 0 Å². The average molecular weight is 279 g/mol. The normalized spacial score (nSPS) is 16.9. The number of nitriles is 1. The van der Waals surface area contributed by atoms with Gasteiger partial charge in [-0.25, -0.2) is 9.78 Å². The highest BCUT2D eigenvalue weighted by atomic mass is 16.4. The molecule has 1 unspecified atom stereocenters. The topological polar surface area (TPSA) is 77.2 Å². The number of hydrogen-bond acceptors (Lipinski definition) is 4. The molecule has 0 saturated carbocycles. The van der Waals surface area contributed by atoms with Gasteiger partial charge in [0, 0.05) is 19.2 Å². The van der Waals surface area contributed by atoms with Crippen LogP contribution in [-0.2, 0) is 17.8 Å². The third-order valence-electron chi connectivity index (χ3n) is 3.74. The number of carbonyl (C=O) groups is 1. The van der Waals surface area contributed by atoms with Gasteiger partial charge < -0.3 is 10.0 Å². The Labute approximate surface area is 122 Å². The molecule has 0 spiro atoms. The molecular weight excluding hydrogens is 266 g/mol. The Morgan fingerprint density at radius 3 is 2.76 bits per heavy atom. The predicted molar refractivity (Wildman–Crippen MR) is 76.7 cm³/mol. The fraction of sp³-hybridized carbons (Fsp3) is 0.188. The summed E-state index contributed by atoms with van der Waals surface area (Å²) in [6.45, 7) is 0.466. The summed E-state index contributed by atoms with van der Waals surface area (Å²) in [7, 11) is 0. The smallest absolute Gasteiger partial charge is 0.326 e. The quantitative estimate of drug-likeness (QED) is 0.909. The summed E-state index contributed by atoms with van der Waals surface area (Å²) in [5.74, 6) is -0.891. The third-order valence-corrected chi connectivity index (χ3v) is 3.74. The molecule has 1 atom stereocenters. The van der Waals surface area contributed by atoms with Crippen LogP contribution in [0, 0.1) is 11.3 Å². The molecule has 1 aromatic carbocycles. The number of anilines is 1. The first-order chi connectivity index (χ1) is 10.2. The maximum Gasteiger partial charge on any atom is 0.326 e. The van der Waals surface area contributed by atoms with Crippen LogP contribution in [0.5, 0.6) is 0 Å². The van der Waals surface area contributed by atoms with Crippen LogP contribution in [0.25, 0.3) is 0 Å². The summed E-state index contributed by atoms with van der Waals surface area (Å²) < 4.78 is 0. The number of carboxylic acid groups (broad SMARTS) is 1. The van der Waals surface area contributed by atoms with Gasteiger partial charge in [0.25, 0.3) is 0 Å². The van der Waals surface area contributed by atoms with Crippen LogP contribution in [0.3, 0.4) is 0 Å². The van der Waals surface area contributed by atoms with Gasteiger partial charge in [-0.1, -0.05) is 24.3 Å². The van der Waals surface area contributed by atoms with Crippen molar-refractivity contribution in [3.05, 3.63) is 59.4 Å². The lowest BCUT2D eigenvalue weighted by atomic mass is 9.93. The van der Waals surface area contributed by atoms with Crippen molar-refractivity contribution in [3.63, 3.8) is 0 Å². The molecule has 5 heteroatoms. The molecule has 1 aliphatic rings. The molecule has 21 heavy (non-hydrogen) atoms. The van der Waals surface area contributed by atoms with Crippen molar-refractivity contribution in [1.82, 2.24) is 4.98 Å². The number of hydrogen-bond donors (Lipinski definition) is 1. The second kappa shape index (κ2) is 5.25. The molecule has 0 saturated heterocycles. The SMILES string of the molecule is N#Cc1ncccc1N1Cc2ccccc2CC1C(=O)O. The first kappa shape index (κ1) is 13.1. The van der Waals surface area contributed by atoms with E-state index in [1.165, 1.54) is 6.20 Å². The highest BCUT2D eigenvalue weighted by Gasteiger charge is 2.32. The number of fused-ring (bicyclic) bond motifs is 1. The van der Waals surface area contributed by atoms with Crippen molar-refractivity contribution in [2.24, 2.45) is 0 Å². The van der Waals surface area contributed by atoms with Gasteiger partial charge in [0.2, 0.25) is 0 Å². The molecule has 0 fully saturated rings. The van der Waals surface area contributed by atoms with Crippen molar-refractivity contribution in [2.75, 3.05) is 4.90 Å². The molecule has 2 heterocycles. The van der Waals surface area contributed by atoms with Crippen molar-refractivity contribution >= 4 is 11.7 Å². The fourth-order valence-electron chi connectivity index (χ4n) is 2.71. The van der Waals surface area contributed by atoms with Crippen LogP contribution in [-0.4, -0.2) is 22.1 Å². The lowest BCUT2D eigenvalue weighted by molar-refractivity contribution is -0.138. The van der Waals surface area contributed by atoms with E-state index in [0.717, 1.165) is 11.1 Å². The van der Waals surface area contributed by atoms with Crippen LogP contribution < -0.4 is 4.90 Å². The summed E-state index contributed by atoms with van der Waals surface area (Å²) in [5.41, 5.74) is 2.95. The standard InChI is InChI=1S/C16H13N3O2/c17-9-13-14(6-3-7-18-13)19-10-12-5-2-1-4-11(12)8-15(19)16(20)21/h1-7,15H,8,10H2,(H,20,21). The maximum atomic E-state index is 11.6. The molecule has 104 valence electrons. The number of aliphatic carboxylic acids is 1. The minimum atomic E-state index is -0.891. The maximum absolute atomic E-state index is 11.6. The highest BCUT2D eigenvalue weighted by molar-refractivity contribution is 5.80. The minimum Gasteiger partial charge on any atom is -0.480 e. The predicted octanol–water partition coefficient (Wildman–Crippen LogP) is 1.97. The first-order valence-corrected chi connectivity index (χ1v) is 6.62. The van der Waals surface area contributed by atoms with Crippen LogP contribution >= 0.6 is 0 Å². The van der Waals surface area contributed by atoms with E-state index in [0.29, 0.717) is 18.7 Å². The summed E-state index contributed by atoms with van der Waals surface area (Å²) >= 11 is 0. The molecule has 5 nitrogen and oxygen atoms in total. The second-order valence-electron chi connectivity index (χ2n) is 4.94. The Morgan fingerprint density at radius 2 is 2.05 bits per heavy atom. The van der Waals surface area contributed by atoms with Gasteiger partial charge in [0.05, 0.1) is 5.69 Å². The molecule has 3 rings (SSSR count). The van der Waals surface area contributed by atoms with Gasteiger partial charge in [0.1, 0.15) is 12.1 Å². The fourth-order valence-corrected chi connectivity index (χ4v) is 2.71. The van der Waals surface area contributed by atoms with Crippen molar-refractivity contribution in [1.29, 1.82) is 5.26 Å². The number of rotatable bonds is 2. The lowest BCUT2D eigenvalue weighted by Crippen LogP contribution is -2.46. The number of aromatic nitrogens is 1. The van der Waals surface area contributed by atoms with Crippen molar-refractivity contribution in [3.8, 4) is 6.07 Å². The van der Waals surface area contributed by atoms with E-state index in [1.54, 1.807) is 17.0 Å². The molecule has 0 aliphatic carbocycles. The largest absolute Gasteiger partial charge is 0.480 e. The molecule has 1 N–H and O–H groups in total. The molecule has 0 bridgehead atoms. The molecular formula is C16H13N3O2. The van der Waals surface area contributed by atoms with Crippen LogP contribution in [0.2, 0.25) is 0 Å². The van der Waals surface area contributed by atoms with Gasteiger partial charge in [0.15, 0.2) is 5.69 Å². The summed E-state index contributed by atoms with van der Waals surface area (Å²) in [6, 6.07) is 12.6. The van der Waals surface area contributed by atoms with E-state index >= 15 is 0 Å². The molecule has 1 aliphatic heterocycles. The number of nitrogens with zero attached hydrogens (tertiary/aromatic N) is 3. The Hall–Kier alpha value is -2.87. The van der Waals surface area contributed by atoms with E-state index < -0.39 is 12.0 Å². The van der Waals surface area contributed by atoms with Crippen LogP contribution in [0.1, 0.15) is 16.8 Å². The summed E-state index contributed by atoms with van der Waals surface area (Å²) in [4.78, 5) is 17.4. The average Bonchev–Trinajstić information content (AvgIpc) is 2.53. The van der Waals surface area contributed by atoms with E-state index in [2.05, 4.69) is 4.98 Å². The van der Waals surface area contributed by atoms with Crippen molar-refractivity contribution < 1.29 is 9.90 Å². The zero-order valence-electron chi connectivity index (χ0n) is 11.2. The van der Waals surface area contributed by atoms with E-state index in [1.807, 2.05) is 30.3 Å². The Kier molecular flexibility index (Phi) is 3.28. The Balaban J connectivity index is 2.08. The first-order valence-electron chi connectivity index (χ1n) is 6.62. The summed E-state index contributed by atoms with van der Waals surface area (Å²) in [6.07, 6.45) is 1.96. The molecule has 0 radical (unpaired) electrons. The van der Waals surface area contributed by atoms with E-state index in [9.17, 15) is 15.2 Å². The summed E-state index contributed by atoms with van der Waals surface area (Å²) in [5, 5.41) is 18.7.